The van der Waals surface area contributed by atoms with Gasteiger partial charge in [0, 0.05) is 35.4 Å². The van der Waals surface area contributed by atoms with E-state index in [2.05, 4.69) is 16.4 Å². The molecular formula is C27H25N3O5. The molecule has 8 nitrogen and oxygen atoms in total. The highest BCUT2D eigenvalue weighted by Gasteiger charge is 2.66. The molecule has 2 amide bonds. The molecule has 1 spiro atoms. The van der Waals surface area contributed by atoms with Crippen LogP contribution in [0.5, 0.6) is 11.5 Å². The van der Waals surface area contributed by atoms with Crippen molar-refractivity contribution in [2.24, 2.45) is 11.8 Å². The number of likely N-dealkylation sites (tertiary alicyclic amines) is 1. The molecule has 2 N–H and O–H groups in total. The Morgan fingerprint density at radius 3 is 2.91 bits per heavy atom. The molecule has 2 bridgehead atoms. The summed E-state index contributed by atoms with van der Waals surface area (Å²) in [6, 6.07) is 13.5. The Kier molecular flexibility index (Phi) is 4.48. The molecule has 0 unspecified atom stereocenters. The summed E-state index contributed by atoms with van der Waals surface area (Å²) < 4.78 is 17.5. The smallest absolute Gasteiger partial charge is 0.231 e. The minimum Gasteiger partial charge on any atom is -0.486 e. The number of amides is 2. The molecule has 0 radical (unpaired) electrons. The lowest BCUT2D eigenvalue weighted by Crippen LogP contribution is -2.41. The fraction of sp³-hybridized carbons (Fsp3) is 0.333. The zero-order valence-corrected chi connectivity index (χ0v) is 19.0. The van der Waals surface area contributed by atoms with Crippen molar-refractivity contribution in [2.45, 2.75) is 18.1 Å². The zero-order chi connectivity index (χ0) is 23.6. The van der Waals surface area contributed by atoms with E-state index in [9.17, 15) is 9.59 Å². The van der Waals surface area contributed by atoms with Gasteiger partial charge in [-0.3, -0.25) is 9.59 Å². The molecule has 3 aromatic rings. The predicted molar refractivity (Wildman–Crippen MR) is 128 cm³/mol. The van der Waals surface area contributed by atoms with E-state index < -0.39 is 23.5 Å². The Morgan fingerprint density at radius 2 is 2.00 bits per heavy atom. The second-order valence-corrected chi connectivity index (χ2v) is 9.62. The molecule has 4 aliphatic rings. The second-order valence-electron chi connectivity index (χ2n) is 9.62. The second kappa shape index (κ2) is 7.61. The van der Waals surface area contributed by atoms with Crippen LogP contribution >= 0.6 is 0 Å². The first-order valence-corrected chi connectivity index (χ1v) is 12.0. The average molecular weight is 472 g/mol. The number of benzene rings is 2. The van der Waals surface area contributed by atoms with Crippen LogP contribution in [0.25, 0.3) is 10.9 Å². The Balaban J connectivity index is 1.09. The van der Waals surface area contributed by atoms with Crippen molar-refractivity contribution in [2.75, 3.05) is 31.6 Å². The van der Waals surface area contributed by atoms with Crippen LogP contribution in [0.2, 0.25) is 0 Å². The summed E-state index contributed by atoms with van der Waals surface area (Å²) in [6.07, 6.45) is 6.27. The van der Waals surface area contributed by atoms with Crippen molar-refractivity contribution < 1.29 is 23.8 Å². The summed E-state index contributed by atoms with van der Waals surface area (Å²) >= 11 is 0. The van der Waals surface area contributed by atoms with E-state index in [1.54, 1.807) is 18.2 Å². The van der Waals surface area contributed by atoms with Crippen molar-refractivity contribution in [3.8, 4) is 11.5 Å². The Bertz CT molecular complexity index is 1380. The van der Waals surface area contributed by atoms with Gasteiger partial charge in [-0.2, -0.15) is 0 Å². The van der Waals surface area contributed by atoms with Crippen LogP contribution in [0.15, 0.2) is 60.8 Å². The number of H-pyrrole nitrogens is 1. The monoisotopic (exact) mass is 471 g/mol. The number of aromatic amines is 1. The molecule has 0 saturated carbocycles. The largest absolute Gasteiger partial charge is 0.486 e. The van der Waals surface area contributed by atoms with Crippen molar-refractivity contribution in [3.05, 3.63) is 66.4 Å². The Labute approximate surface area is 201 Å². The molecule has 4 atom stereocenters. The van der Waals surface area contributed by atoms with Crippen LogP contribution in [-0.4, -0.2) is 59.7 Å². The van der Waals surface area contributed by atoms with Gasteiger partial charge in [-0.1, -0.05) is 30.4 Å². The summed E-state index contributed by atoms with van der Waals surface area (Å²) in [7, 11) is 0. The maximum Gasteiger partial charge on any atom is 0.231 e. The fourth-order valence-corrected chi connectivity index (χ4v) is 6.01. The number of para-hydroxylation sites is 1. The highest BCUT2D eigenvalue weighted by molar-refractivity contribution is 5.99. The first kappa shape index (κ1) is 20.6. The molecule has 7 rings (SSSR count). The van der Waals surface area contributed by atoms with Crippen LogP contribution in [0.1, 0.15) is 5.56 Å². The molecular weight excluding hydrogens is 446 g/mol. The van der Waals surface area contributed by atoms with Crippen LogP contribution in [0.3, 0.4) is 0 Å². The summed E-state index contributed by atoms with van der Waals surface area (Å²) in [4.78, 5) is 32.1. The molecule has 35 heavy (non-hydrogen) atoms. The zero-order valence-electron chi connectivity index (χ0n) is 19.0. The molecule has 1 aromatic heterocycles. The first-order chi connectivity index (χ1) is 17.1. The van der Waals surface area contributed by atoms with Crippen LogP contribution in [0, 0.1) is 11.8 Å². The number of carbonyl (C=O) groups excluding carboxylic acids is 2. The van der Waals surface area contributed by atoms with E-state index in [1.165, 1.54) is 10.9 Å². The molecule has 2 saturated heterocycles. The molecule has 4 aliphatic heterocycles. The average Bonchev–Trinajstić information content (AvgIpc) is 3.62. The van der Waals surface area contributed by atoms with E-state index in [0.717, 1.165) is 11.9 Å². The number of aromatic nitrogens is 1. The van der Waals surface area contributed by atoms with Crippen LogP contribution in [-0.2, 0) is 20.7 Å². The number of hydrogen-bond donors (Lipinski definition) is 2. The molecule has 0 aliphatic carbocycles. The lowest BCUT2D eigenvalue weighted by Gasteiger charge is -2.24. The molecule has 8 heteroatoms. The van der Waals surface area contributed by atoms with Gasteiger partial charge in [0.1, 0.15) is 18.8 Å². The van der Waals surface area contributed by atoms with Gasteiger partial charge in [-0.25, -0.2) is 0 Å². The number of rotatable bonds is 5. The SMILES string of the molecule is O=C(Nc1ccc2c(c1)OCCO2)[C@H]1[C@H]2C=C[C@@]3(CN(CCc4c[nH]c5ccccc45)C(=O)[C@@H]13)O2. The summed E-state index contributed by atoms with van der Waals surface area (Å²) in [6.45, 7) is 2.03. The number of carbonyl (C=O) groups is 2. The van der Waals surface area contributed by atoms with Crippen LogP contribution in [0.4, 0.5) is 5.69 Å². The van der Waals surface area contributed by atoms with Gasteiger partial charge in [0.05, 0.1) is 24.5 Å². The third kappa shape index (κ3) is 3.16. The Hall–Kier alpha value is -3.78. The number of anilines is 1. The van der Waals surface area contributed by atoms with Gasteiger partial charge in [0.2, 0.25) is 11.8 Å². The summed E-state index contributed by atoms with van der Waals surface area (Å²) in [5.41, 5.74) is 2.15. The van der Waals surface area contributed by atoms with Gasteiger partial charge >= 0.3 is 0 Å². The van der Waals surface area contributed by atoms with E-state index in [0.29, 0.717) is 43.5 Å². The van der Waals surface area contributed by atoms with Crippen molar-refractivity contribution in [1.82, 2.24) is 9.88 Å². The van der Waals surface area contributed by atoms with Crippen molar-refractivity contribution in [1.29, 1.82) is 0 Å². The van der Waals surface area contributed by atoms with Gasteiger partial charge in [-0.05, 0) is 30.2 Å². The standard InChI is InChI=1S/C27H25N3O5/c31-25(29-17-5-6-20-22(13-17)34-12-11-33-20)23-21-7-9-27(35-21)15-30(26(32)24(23)27)10-8-16-14-28-19-4-2-1-3-18(16)19/h1-7,9,13-14,21,23-24,28H,8,10-12,15H2,(H,29,31)/t21-,23+,24-,27+/m1/s1. The maximum atomic E-state index is 13.5. The van der Waals surface area contributed by atoms with E-state index in [-0.39, 0.29) is 11.8 Å². The first-order valence-electron chi connectivity index (χ1n) is 12.0. The highest BCUT2D eigenvalue weighted by Crippen LogP contribution is 2.52. The van der Waals surface area contributed by atoms with Crippen molar-refractivity contribution in [3.63, 3.8) is 0 Å². The number of fused-ring (bicyclic) bond motifs is 3. The third-order valence-corrected chi connectivity index (χ3v) is 7.62. The normalized spacial score (nSPS) is 28.1. The maximum absolute atomic E-state index is 13.5. The number of hydrogen-bond acceptors (Lipinski definition) is 5. The van der Waals surface area contributed by atoms with E-state index >= 15 is 0 Å². The predicted octanol–water partition coefficient (Wildman–Crippen LogP) is 2.90. The van der Waals surface area contributed by atoms with Gasteiger partial charge < -0.3 is 29.4 Å². The minimum absolute atomic E-state index is 0.0148. The lowest BCUT2D eigenvalue weighted by atomic mass is 9.77. The lowest BCUT2D eigenvalue weighted by molar-refractivity contribution is -0.135. The van der Waals surface area contributed by atoms with E-state index in [1.807, 2.05) is 41.4 Å². The quantitative estimate of drug-likeness (QED) is 0.559. The van der Waals surface area contributed by atoms with E-state index in [4.69, 9.17) is 14.2 Å². The van der Waals surface area contributed by atoms with Crippen molar-refractivity contribution >= 4 is 28.4 Å². The molecule has 178 valence electrons. The van der Waals surface area contributed by atoms with Gasteiger partial charge in [-0.15, -0.1) is 0 Å². The molecule has 2 fully saturated rings. The van der Waals surface area contributed by atoms with Gasteiger partial charge in [0.15, 0.2) is 11.5 Å². The highest BCUT2D eigenvalue weighted by atomic mass is 16.6. The molecule has 5 heterocycles. The topological polar surface area (TPSA) is 92.9 Å². The summed E-state index contributed by atoms with van der Waals surface area (Å²) in [5.74, 6) is -0.0450. The minimum atomic E-state index is -0.725. The molecule has 2 aromatic carbocycles. The third-order valence-electron chi connectivity index (χ3n) is 7.62. The van der Waals surface area contributed by atoms with Crippen LogP contribution < -0.4 is 14.8 Å². The summed E-state index contributed by atoms with van der Waals surface area (Å²) in [5, 5.41) is 4.15. The number of nitrogens with one attached hydrogen (secondary N) is 2. The van der Waals surface area contributed by atoms with Gasteiger partial charge in [0.25, 0.3) is 0 Å². The number of ether oxygens (including phenoxy) is 3. The number of nitrogens with zero attached hydrogens (tertiary/aromatic N) is 1. The fourth-order valence-electron chi connectivity index (χ4n) is 6.01. The Morgan fingerprint density at radius 1 is 1.14 bits per heavy atom.